The molecule has 3 nitrogen and oxygen atoms in total. The lowest BCUT2D eigenvalue weighted by Gasteiger charge is -2.30. The minimum Gasteiger partial charge on any atom is -0.349 e. The van der Waals surface area contributed by atoms with Gasteiger partial charge in [0, 0.05) is 16.3 Å². The summed E-state index contributed by atoms with van der Waals surface area (Å²) in [6.45, 7) is 10.7. The highest BCUT2D eigenvalue weighted by atomic mass is 32.1. The molecule has 3 N–H and O–H groups in total. The van der Waals surface area contributed by atoms with Gasteiger partial charge in [-0.05, 0) is 45.2 Å². The van der Waals surface area contributed by atoms with Gasteiger partial charge in [-0.25, -0.2) is 0 Å². The van der Waals surface area contributed by atoms with E-state index in [4.69, 9.17) is 5.73 Å². The summed E-state index contributed by atoms with van der Waals surface area (Å²) in [6, 6.07) is 2.20. The first kappa shape index (κ1) is 16.2. The van der Waals surface area contributed by atoms with Gasteiger partial charge in [-0.15, -0.1) is 11.3 Å². The van der Waals surface area contributed by atoms with Crippen LogP contribution in [0.25, 0.3) is 0 Å². The predicted octanol–water partition coefficient (Wildman–Crippen LogP) is 3.31. The number of thiophene rings is 1. The summed E-state index contributed by atoms with van der Waals surface area (Å²) in [4.78, 5) is 15.0. The van der Waals surface area contributed by atoms with Crippen LogP contribution in [0.5, 0.6) is 0 Å². The molecule has 0 bridgehead atoms. The standard InChI is InChI=1S/C15H26N2OS/c1-6-15(7-2,9-16)14(18)17-11(4)13-8-10(3)19-12(13)5/h8,11H,6-7,9,16H2,1-5H3,(H,17,18). The topological polar surface area (TPSA) is 55.1 Å². The molecule has 0 aliphatic rings. The van der Waals surface area contributed by atoms with E-state index in [1.165, 1.54) is 15.3 Å². The normalized spacial score (nSPS) is 13.4. The minimum atomic E-state index is -0.423. The molecule has 4 heteroatoms. The molecule has 1 aromatic heterocycles. The number of aryl methyl sites for hydroxylation is 2. The van der Waals surface area contributed by atoms with Crippen LogP contribution >= 0.6 is 11.3 Å². The molecule has 0 aliphatic heterocycles. The molecule has 1 atom stereocenters. The van der Waals surface area contributed by atoms with Gasteiger partial charge in [0.15, 0.2) is 0 Å². The van der Waals surface area contributed by atoms with Gasteiger partial charge < -0.3 is 11.1 Å². The molecule has 0 spiro atoms. The third kappa shape index (κ3) is 3.37. The van der Waals surface area contributed by atoms with E-state index >= 15 is 0 Å². The Bertz CT molecular complexity index is 427. The van der Waals surface area contributed by atoms with Gasteiger partial charge >= 0.3 is 0 Å². The van der Waals surface area contributed by atoms with Crippen LogP contribution in [-0.2, 0) is 4.79 Å². The Balaban J connectivity index is 2.84. The fraction of sp³-hybridized carbons (Fsp3) is 0.667. The Hall–Kier alpha value is -0.870. The largest absolute Gasteiger partial charge is 0.349 e. The third-order valence-corrected chi connectivity index (χ3v) is 5.10. The average Bonchev–Trinajstić information content (AvgIpc) is 2.71. The van der Waals surface area contributed by atoms with E-state index in [1.54, 1.807) is 11.3 Å². The van der Waals surface area contributed by atoms with Crippen molar-refractivity contribution in [3.8, 4) is 0 Å². The van der Waals surface area contributed by atoms with Crippen molar-refractivity contribution in [2.24, 2.45) is 11.1 Å². The van der Waals surface area contributed by atoms with Crippen molar-refractivity contribution in [2.45, 2.75) is 53.5 Å². The number of hydrogen-bond acceptors (Lipinski definition) is 3. The zero-order valence-corrected chi connectivity index (χ0v) is 13.5. The van der Waals surface area contributed by atoms with Gasteiger partial charge in [-0.1, -0.05) is 13.8 Å². The molecular formula is C15H26N2OS. The molecule has 108 valence electrons. The third-order valence-electron chi connectivity index (χ3n) is 4.12. The van der Waals surface area contributed by atoms with Crippen LogP contribution in [-0.4, -0.2) is 12.5 Å². The number of carbonyl (C=O) groups is 1. The lowest BCUT2D eigenvalue weighted by Crippen LogP contribution is -2.46. The molecule has 1 rings (SSSR count). The summed E-state index contributed by atoms with van der Waals surface area (Å²) < 4.78 is 0. The highest BCUT2D eigenvalue weighted by Gasteiger charge is 2.34. The van der Waals surface area contributed by atoms with E-state index in [0.29, 0.717) is 6.54 Å². The maximum atomic E-state index is 12.5. The van der Waals surface area contributed by atoms with E-state index in [-0.39, 0.29) is 11.9 Å². The van der Waals surface area contributed by atoms with Gasteiger partial charge in [-0.3, -0.25) is 4.79 Å². The summed E-state index contributed by atoms with van der Waals surface area (Å²) >= 11 is 1.77. The predicted molar refractivity (Wildman–Crippen MR) is 82.4 cm³/mol. The van der Waals surface area contributed by atoms with Gasteiger partial charge in [0.05, 0.1) is 11.5 Å². The Morgan fingerprint density at radius 2 is 2.00 bits per heavy atom. The summed E-state index contributed by atoms with van der Waals surface area (Å²) in [5.41, 5.74) is 6.61. The molecule has 1 heterocycles. The van der Waals surface area contributed by atoms with Crippen molar-refractivity contribution in [3.05, 3.63) is 21.4 Å². The summed E-state index contributed by atoms with van der Waals surface area (Å²) in [5, 5.41) is 3.13. The van der Waals surface area contributed by atoms with Crippen molar-refractivity contribution in [2.75, 3.05) is 6.54 Å². The fourth-order valence-corrected chi connectivity index (χ4v) is 3.48. The van der Waals surface area contributed by atoms with Crippen LogP contribution in [0.3, 0.4) is 0 Å². The maximum Gasteiger partial charge on any atom is 0.227 e. The maximum absolute atomic E-state index is 12.5. The monoisotopic (exact) mass is 282 g/mol. The molecule has 19 heavy (non-hydrogen) atoms. The highest BCUT2D eigenvalue weighted by molar-refractivity contribution is 7.12. The van der Waals surface area contributed by atoms with Crippen LogP contribution in [0.2, 0.25) is 0 Å². The number of amides is 1. The number of rotatable bonds is 6. The van der Waals surface area contributed by atoms with E-state index in [9.17, 15) is 4.79 Å². The molecule has 0 saturated heterocycles. The highest BCUT2D eigenvalue weighted by Crippen LogP contribution is 2.29. The van der Waals surface area contributed by atoms with Gasteiger partial charge in [0.1, 0.15) is 0 Å². The number of nitrogens with one attached hydrogen (secondary N) is 1. The van der Waals surface area contributed by atoms with Crippen LogP contribution in [0.1, 0.15) is 55.0 Å². The van der Waals surface area contributed by atoms with Crippen molar-refractivity contribution >= 4 is 17.2 Å². The Morgan fingerprint density at radius 3 is 2.37 bits per heavy atom. The van der Waals surface area contributed by atoms with Gasteiger partial charge in [0.2, 0.25) is 5.91 Å². The molecule has 0 radical (unpaired) electrons. The van der Waals surface area contributed by atoms with E-state index in [0.717, 1.165) is 12.8 Å². The van der Waals surface area contributed by atoms with Gasteiger partial charge in [-0.2, -0.15) is 0 Å². The summed E-state index contributed by atoms with van der Waals surface area (Å²) in [5.74, 6) is 0.0794. The van der Waals surface area contributed by atoms with Crippen LogP contribution in [0.4, 0.5) is 0 Å². The summed E-state index contributed by atoms with van der Waals surface area (Å²) in [6.07, 6.45) is 1.56. The Morgan fingerprint density at radius 1 is 1.42 bits per heavy atom. The van der Waals surface area contributed by atoms with Crippen molar-refractivity contribution in [1.82, 2.24) is 5.32 Å². The minimum absolute atomic E-state index is 0.0430. The van der Waals surface area contributed by atoms with Gasteiger partial charge in [0.25, 0.3) is 0 Å². The summed E-state index contributed by atoms with van der Waals surface area (Å²) in [7, 11) is 0. The quantitative estimate of drug-likeness (QED) is 0.841. The second-order valence-electron chi connectivity index (χ2n) is 5.26. The Labute approximate surface area is 120 Å². The van der Waals surface area contributed by atoms with E-state index in [1.807, 2.05) is 20.8 Å². The second kappa shape index (κ2) is 6.53. The first-order valence-electron chi connectivity index (χ1n) is 6.98. The lowest BCUT2D eigenvalue weighted by molar-refractivity contribution is -0.131. The molecule has 0 aromatic carbocycles. The van der Waals surface area contributed by atoms with E-state index < -0.39 is 5.41 Å². The number of carbonyl (C=O) groups excluding carboxylic acids is 1. The smallest absolute Gasteiger partial charge is 0.227 e. The molecule has 1 aromatic rings. The zero-order valence-electron chi connectivity index (χ0n) is 12.7. The first-order chi connectivity index (χ1) is 8.90. The zero-order chi connectivity index (χ0) is 14.6. The van der Waals surface area contributed by atoms with Crippen LogP contribution in [0, 0.1) is 19.3 Å². The van der Waals surface area contributed by atoms with Crippen LogP contribution in [0.15, 0.2) is 6.07 Å². The van der Waals surface area contributed by atoms with Crippen molar-refractivity contribution < 1.29 is 4.79 Å². The fourth-order valence-electron chi connectivity index (χ4n) is 2.46. The van der Waals surface area contributed by atoms with Crippen LogP contribution < -0.4 is 11.1 Å². The Kier molecular flexibility index (Phi) is 5.56. The second-order valence-corrected chi connectivity index (χ2v) is 6.72. The molecule has 0 aliphatic carbocycles. The number of nitrogens with two attached hydrogens (primary N) is 1. The molecular weight excluding hydrogens is 256 g/mol. The van der Waals surface area contributed by atoms with Crippen molar-refractivity contribution in [1.29, 1.82) is 0 Å². The molecule has 1 unspecified atom stereocenters. The average molecular weight is 282 g/mol. The lowest BCUT2D eigenvalue weighted by atomic mass is 9.81. The van der Waals surface area contributed by atoms with Crippen molar-refractivity contribution in [3.63, 3.8) is 0 Å². The SMILES string of the molecule is CCC(CC)(CN)C(=O)NC(C)c1cc(C)sc1C. The van der Waals surface area contributed by atoms with E-state index in [2.05, 4.69) is 25.2 Å². The molecule has 1 amide bonds. The number of hydrogen-bond donors (Lipinski definition) is 2. The molecule has 0 fully saturated rings. The first-order valence-corrected chi connectivity index (χ1v) is 7.79. The molecule has 0 saturated carbocycles.